The predicted octanol–water partition coefficient (Wildman–Crippen LogP) is 3.77. The van der Waals surface area contributed by atoms with E-state index in [0.717, 1.165) is 15.7 Å². The summed E-state index contributed by atoms with van der Waals surface area (Å²) in [4.78, 5) is 39.2. The van der Waals surface area contributed by atoms with Crippen molar-refractivity contribution in [3.8, 4) is 0 Å². The standard InChI is InChI=1S/C23H20FN3O3/c1-2-23(16-10-12-17(24)13-11-16)21(29)27(22(30)26-23)14-20(28)25-19-9-5-7-15-6-3-4-8-18(15)19/h3-13H,2,14H2,1H3,(H,25,28)(H,26,30)/t23-/m0/s1. The maximum Gasteiger partial charge on any atom is 0.325 e. The van der Waals surface area contributed by atoms with Crippen LogP contribution in [0.4, 0.5) is 14.9 Å². The third-order valence-electron chi connectivity index (χ3n) is 5.41. The summed E-state index contributed by atoms with van der Waals surface area (Å²) in [5.74, 6) is -1.45. The van der Waals surface area contributed by atoms with Crippen LogP contribution in [0.1, 0.15) is 18.9 Å². The summed E-state index contributed by atoms with van der Waals surface area (Å²) >= 11 is 0. The largest absolute Gasteiger partial charge is 0.325 e. The Hall–Kier alpha value is -3.74. The number of fused-ring (bicyclic) bond motifs is 1. The fraction of sp³-hybridized carbons (Fsp3) is 0.174. The van der Waals surface area contributed by atoms with Crippen molar-refractivity contribution < 1.29 is 18.8 Å². The van der Waals surface area contributed by atoms with E-state index in [-0.39, 0.29) is 6.42 Å². The monoisotopic (exact) mass is 405 g/mol. The lowest BCUT2D eigenvalue weighted by molar-refractivity contribution is -0.134. The number of carbonyl (C=O) groups is 3. The molecule has 1 saturated heterocycles. The molecule has 0 bridgehead atoms. The number of amides is 4. The number of hydrogen-bond acceptors (Lipinski definition) is 3. The van der Waals surface area contributed by atoms with Crippen LogP contribution < -0.4 is 10.6 Å². The smallest absolute Gasteiger partial charge is 0.324 e. The molecule has 7 heteroatoms. The highest BCUT2D eigenvalue weighted by molar-refractivity contribution is 6.11. The van der Waals surface area contributed by atoms with Gasteiger partial charge in [-0.25, -0.2) is 9.18 Å². The van der Waals surface area contributed by atoms with E-state index in [4.69, 9.17) is 0 Å². The Morgan fingerprint density at radius 3 is 2.47 bits per heavy atom. The summed E-state index contributed by atoms with van der Waals surface area (Å²) < 4.78 is 13.3. The van der Waals surface area contributed by atoms with Crippen LogP contribution in [0.15, 0.2) is 66.7 Å². The quantitative estimate of drug-likeness (QED) is 0.634. The Morgan fingerprint density at radius 1 is 1.03 bits per heavy atom. The summed E-state index contributed by atoms with van der Waals surface area (Å²) in [6.07, 6.45) is 0.268. The highest BCUT2D eigenvalue weighted by atomic mass is 19.1. The maximum atomic E-state index is 13.3. The van der Waals surface area contributed by atoms with Gasteiger partial charge in [0.25, 0.3) is 5.91 Å². The Kier molecular flexibility index (Phi) is 4.95. The SMILES string of the molecule is CC[C@@]1(c2ccc(F)cc2)NC(=O)N(CC(=O)Nc2cccc3ccccc23)C1=O. The molecule has 2 N–H and O–H groups in total. The molecule has 3 aromatic carbocycles. The van der Waals surface area contributed by atoms with Crippen molar-refractivity contribution in [2.24, 2.45) is 0 Å². The van der Waals surface area contributed by atoms with Crippen LogP contribution in [0.5, 0.6) is 0 Å². The number of anilines is 1. The molecule has 152 valence electrons. The molecule has 4 amide bonds. The molecule has 0 unspecified atom stereocenters. The van der Waals surface area contributed by atoms with Crippen LogP contribution in [0.2, 0.25) is 0 Å². The van der Waals surface area contributed by atoms with E-state index in [1.165, 1.54) is 24.3 Å². The van der Waals surface area contributed by atoms with Gasteiger partial charge in [0.05, 0.1) is 0 Å². The zero-order chi connectivity index (χ0) is 21.3. The van der Waals surface area contributed by atoms with Crippen molar-refractivity contribution in [3.05, 3.63) is 78.1 Å². The fourth-order valence-electron chi connectivity index (χ4n) is 3.81. The van der Waals surface area contributed by atoms with Gasteiger partial charge in [0.1, 0.15) is 17.9 Å². The van der Waals surface area contributed by atoms with Gasteiger partial charge >= 0.3 is 6.03 Å². The zero-order valence-corrected chi connectivity index (χ0v) is 16.3. The maximum absolute atomic E-state index is 13.3. The van der Waals surface area contributed by atoms with E-state index in [0.29, 0.717) is 11.3 Å². The molecule has 30 heavy (non-hydrogen) atoms. The second-order valence-electron chi connectivity index (χ2n) is 7.16. The Bertz CT molecular complexity index is 1140. The summed E-state index contributed by atoms with van der Waals surface area (Å²) in [5.41, 5.74) is -0.239. The van der Waals surface area contributed by atoms with Crippen molar-refractivity contribution in [1.82, 2.24) is 10.2 Å². The Labute approximate surface area is 172 Å². The average Bonchev–Trinajstić information content (AvgIpc) is 2.99. The fourth-order valence-corrected chi connectivity index (χ4v) is 3.81. The minimum absolute atomic E-state index is 0.268. The lowest BCUT2D eigenvalue weighted by Gasteiger charge is -2.25. The van der Waals surface area contributed by atoms with Crippen LogP contribution in [0.25, 0.3) is 10.8 Å². The van der Waals surface area contributed by atoms with Crippen LogP contribution in [0.3, 0.4) is 0 Å². The first-order chi connectivity index (χ1) is 14.4. The van der Waals surface area contributed by atoms with Crippen LogP contribution in [-0.2, 0) is 15.1 Å². The molecule has 3 aromatic rings. The third kappa shape index (κ3) is 3.28. The van der Waals surface area contributed by atoms with E-state index in [1.54, 1.807) is 13.0 Å². The number of halogens is 1. The summed E-state index contributed by atoms with van der Waals surface area (Å²) in [7, 11) is 0. The van der Waals surface area contributed by atoms with Crippen molar-refractivity contribution in [2.75, 3.05) is 11.9 Å². The summed E-state index contributed by atoms with van der Waals surface area (Å²) in [6.45, 7) is 1.33. The summed E-state index contributed by atoms with van der Waals surface area (Å²) in [6, 6.07) is 17.9. The van der Waals surface area contributed by atoms with Gasteiger partial charge in [0.2, 0.25) is 5.91 Å². The van der Waals surface area contributed by atoms with Crippen LogP contribution in [0, 0.1) is 5.82 Å². The van der Waals surface area contributed by atoms with Gasteiger partial charge in [-0.05, 0) is 35.6 Å². The first kappa shape index (κ1) is 19.6. The first-order valence-electron chi connectivity index (χ1n) is 9.62. The van der Waals surface area contributed by atoms with E-state index in [9.17, 15) is 18.8 Å². The molecular formula is C23H20FN3O3. The number of hydrogen-bond donors (Lipinski definition) is 2. The molecule has 0 radical (unpaired) electrons. The van der Waals surface area contributed by atoms with Crippen molar-refractivity contribution >= 4 is 34.3 Å². The number of benzene rings is 3. The normalized spacial score (nSPS) is 18.5. The molecule has 6 nitrogen and oxygen atoms in total. The molecule has 4 rings (SSSR count). The number of imide groups is 1. The van der Waals surface area contributed by atoms with Gasteiger partial charge in [-0.3, -0.25) is 14.5 Å². The number of nitrogens with zero attached hydrogens (tertiary/aromatic N) is 1. The first-order valence-corrected chi connectivity index (χ1v) is 9.62. The van der Waals surface area contributed by atoms with Gasteiger partial charge in [-0.2, -0.15) is 0 Å². The second kappa shape index (κ2) is 7.59. The summed E-state index contributed by atoms with van der Waals surface area (Å²) in [5, 5.41) is 7.29. The Morgan fingerprint density at radius 2 is 1.73 bits per heavy atom. The minimum Gasteiger partial charge on any atom is -0.324 e. The number of rotatable bonds is 5. The van der Waals surface area contributed by atoms with Gasteiger partial charge in [-0.1, -0.05) is 55.5 Å². The topological polar surface area (TPSA) is 78.5 Å². The highest BCUT2D eigenvalue weighted by Gasteiger charge is 2.51. The van der Waals surface area contributed by atoms with Gasteiger partial charge in [0, 0.05) is 11.1 Å². The molecule has 0 aromatic heterocycles. The van der Waals surface area contributed by atoms with Gasteiger partial charge < -0.3 is 10.6 Å². The van der Waals surface area contributed by atoms with Crippen LogP contribution >= 0.6 is 0 Å². The van der Waals surface area contributed by atoms with E-state index >= 15 is 0 Å². The molecule has 0 saturated carbocycles. The molecular weight excluding hydrogens is 385 g/mol. The molecule has 1 aliphatic rings. The predicted molar refractivity (Wildman–Crippen MR) is 111 cm³/mol. The molecule has 1 aliphatic heterocycles. The molecule has 1 fully saturated rings. The number of carbonyl (C=O) groups excluding carboxylic acids is 3. The van der Waals surface area contributed by atoms with Crippen molar-refractivity contribution in [3.63, 3.8) is 0 Å². The van der Waals surface area contributed by atoms with Gasteiger partial charge in [0.15, 0.2) is 0 Å². The minimum atomic E-state index is -1.31. The van der Waals surface area contributed by atoms with Crippen molar-refractivity contribution in [2.45, 2.75) is 18.9 Å². The Balaban J connectivity index is 1.55. The number of urea groups is 1. The van der Waals surface area contributed by atoms with Gasteiger partial charge in [-0.15, -0.1) is 0 Å². The van der Waals surface area contributed by atoms with Crippen molar-refractivity contribution in [1.29, 1.82) is 0 Å². The lowest BCUT2D eigenvalue weighted by Crippen LogP contribution is -2.44. The average molecular weight is 405 g/mol. The highest BCUT2D eigenvalue weighted by Crippen LogP contribution is 2.32. The zero-order valence-electron chi connectivity index (χ0n) is 16.3. The van der Waals surface area contributed by atoms with E-state index < -0.39 is 35.7 Å². The molecule has 0 spiro atoms. The van der Waals surface area contributed by atoms with E-state index in [1.807, 2.05) is 36.4 Å². The second-order valence-corrected chi connectivity index (χ2v) is 7.16. The van der Waals surface area contributed by atoms with E-state index in [2.05, 4.69) is 10.6 Å². The molecule has 0 aliphatic carbocycles. The van der Waals surface area contributed by atoms with Crippen LogP contribution in [-0.4, -0.2) is 29.3 Å². The third-order valence-corrected chi connectivity index (χ3v) is 5.41. The number of nitrogens with one attached hydrogen (secondary N) is 2. The lowest BCUT2D eigenvalue weighted by atomic mass is 9.87. The molecule has 1 atom stereocenters. The molecule has 1 heterocycles.